The lowest BCUT2D eigenvalue weighted by molar-refractivity contribution is -0.870. The first-order valence-electron chi connectivity index (χ1n) is 24.5. The molecule has 0 amide bonds. The Morgan fingerprint density at radius 2 is 0.967 bits per heavy atom. The number of unbranched alkanes of at least 4 members (excludes halogenated alkanes) is 21. The molecule has 1 N–H and O–H groups in total. The first-order chi connectivity index (χ1) is 29.1. The number of phosphoric acid groups is 1. The molecule has 2 unspecified atom stereocenters. The molecule has 0 aromatic carbocycles. The summed E-state index contributed by atoms with van der Waals surface area (Å²) in [5.41, 5.74) is 0. The van der Waals surface area contributed by atoms with Gasteiger partial charge in [0.05, 0.1) is 34.4 Å². The normalized spacial score (nSPS) is 14.2. The molecule has 0 spiro atoms. The van der Waals surface area contributed by atoms with Gasteiger partial charge in [0.2, 0.25) is 0 Å². The number of carbonyl (C=O) groups is 1. The van der Waals surface area contributed by atoms with E-state index in [0.717, 1.165) is 83.5 Å². The van der Waals surface area contributed by atoms with Crippen LogP contribution in [0.3, 0.4) is 0 Å². The van der Waals surface area contributed by atoms with E-state index in [2.05, 4.69) is 74.6 Å². The smallest absolute Gasteiger partial charge is 0.457 e. The average molecular weight is 865 g/mol. The number of hydrogen-bond acceptors (Lipinski definition) is 6. The van der Waals surface area contributed by atoms with E-state index in [1.54, 1.807) is 0 Å². The maximum atomic E-state index is 12.7. The molecule has 8 nitrogen and oxygen atoms in total. The number of hydrogen-bond donors (Lipinski definition) is 1. The predicted octanol–water partition coefficient (Wildman–Crippen LogP) is 14.9. The van der Waals surface area contributed by atoms with Gasteiger partial charge in [0, 0.05) is 13.0 Å². The molecule has 0 aromatic heterocycles. The number of quaternary nitrogens is 1. The number of carbonyl (C=O) groups excluding carboxylic acids is 1. The zero-order valence-corrected chi connectivity index (χ0v) is 40.6. The largest absolute Gasteiger partial charge is 0.472 e. The first-order valence-corrected chi connectivity index (χ1v) is 26.0. The van der Waals surface area contributed by atoms with Crippen molar-refractivity contribution < 1.29 is 37.3 Å². The standard InChI is InChI=1S/C51H94NO7P/c1-6-8-10-12-14-16-18-20-22-24-26-27-29-31-33-35-37-39-41-43-46-56-48-50(49-58-60(54,55)57-47-45-52(3,4)5)59-51(53)44-42-40-38-36-34-32-30-28-25-23-21-19-17-15-13-11-9-7-2/h8,10,14,16,20,22,26-27,31,33,50H,6-7,9,11-13,15,17-19,21,23-25,28-30,32,34-49H2,1-5H3/p+1/b10-8-,16-14-,22-20-,27-26-,33-31-. The highest BCUT2D eigenvalue weighted by Gasteiger charge is 2.26. The predicted molar refractivity (Wildman–Crippen MR) is 256 cm³/mol. The minimum absolute atomic E-state index is 0.0820. The summed E-state index contributed by atoms with van der Waals surface area (Å²) in [7, 11) is 1.65. The Labute approximate surface area is 370 Å². The van der Waals surface area contributed by atoms with Crippen molar-refractivity contribution in [2.45, 2.75) is 206 Å². The van der Waals surface area contributed by atoms with Crippen molar-refractivity contribution in [1.82, 2.24) is 0 Å². The number of likely N-dealkylation sites (N-methyl/N-ethyl adjacent to an activating group) is 1. The van der Waals surface area contributed by atoms with Gasteiger partial charge in [-0.2, -0.15) is 0 Å². The molecule has 0 fully saturated rings. The van der Waals surface area contributed by atoms with Gasteiger partial charge < -0.3 is 18.9 Å². The second-order valence-electron chi connectivity index (χ2n) is 17.5. The van der Waals surface area contributed by atoms with Crippen LogP contribution in [0.25, 0.3) is 0 Å². The van der Waals surface area contributed by atoms with Crippen LogP contribution in [0.15, 0.2) is 60.8 Å². The fourth-order valence-corrected chi connectivity index (χ4v) is 7.32. The summed E-state index contributed by atoms with van der Waals surface area (Å²) in [5.74, 6) is -0.322. The summed E-state index contributed by atoms with van der Waals surface area (Å²) in [4.78, 5) is 23.0. The van der Waals surface area contributed by atoms with Crippen molar-refractivity contribution in [3.8, 4) is 0 Å². The van der Waals surface area contributed by atoms with E-state index < -0.39 is 13.9 Å². The summed E-state index contributed by atoms with van der Waals surface area (Å²) in [6.07, 6.45) is 55.5. The minimum atomic E-state index is -4.29. The van der Waals surface area contributed by atoms with Gasteiger partial charge in [0.1, 0.15) is 19.3 Å². The molecule has 0 bridgehead atoms. The SMILES string of the molecule is CC/C=C\C/C=C\C/C=C\C/C=C\C/C=C\CCCCCCOCC(COP(=O)(O)OCC[N+](C)(C)C)OC(=O)CCCCCCCCCCCCCCCCCCCC. The lowest BCUT2D eigenvalue weighted by Crippen LogP contribution is -2.37. The highest BCUT2D eigenvalue weighted by atomic mass is 31.2. The fourth-order valence-electron chi connectivity index (χ4n) is 6.58. The zero-order chi connectivity index (χ0) is 44.1. The first kappa shape index (κ1) is 58.2. The molecule has 0 aliphatic heterocycles. The molecule has 0 saturated carbocycles. The Balaban J connectivity index is 4.22. The number of esters is 1. The Hall–Kier alpha value is -1.80. The lowest BCUT2D eigenvalue weighted by atomic mass is 10.0. The van der Waals surface area contributed by atoms with Crippen LogP contribution < -0.4 is 0 Å². The van der Waals surface area contributed by atoms with Crippen molar-refractivity contribution in [2.75, 3.05) is 54.1 Å². The third-order valence-corrected chi connectivity index (χ3v) is 11.3. The molecular formula is C51H95NO7P+. The molecule has 0 heterocycles. The van der Waals surface area contributed by atoms with Crippen LogP contribution in [-0.2, 0) is 27.9 Å². The Kier molecular flexibility index (Phi) is 42.5. The van der Waals surface area contributed by atoms with E-state index >= 15 is 0 Å². The van der Waals surface area contributed by atoms with Crippen molar-refractivity contribution in [3.63, 3.8) is 0 Å². The van der Waals surface area contributed by atoms with Gasteiger partial charge in [-0.25, -0.2) is 4.57 Å². The third kappa shape index (κ3) is 47.3. The highest BCUT2D eigenvalue weighted by molar-refractivity contribution is 7.47. The summed E-state index contributed by atoms with van der Waals surface area (Å²) < 4.78 is 35.1. The Bertz CT molecular complexity index is 1140. The molecule has 60 heavy (non-hydrogen) atoms. The van der Waals surface area contributed by atoms with Crippen LogP contribution in [0, 0.1) is 0 Å². The van der Waals surface area contributed by atoms with Crippen LogP contribution in [0.5, 0.6) is 0 Å². The van der Waals surface area contributed by atoms with Crippen molar-refractivity contribution >= 4 is 13.8 Å². The van der Waals surface area contributed by atoms with Gasteiger partial charge in [-0.05, 0) is 57.8 Å². The minimum Gasteiger partial charge on any atom is -0.457 e. The second kappa shape index (κ2) is 43.8. The van der Waals surface area contributed by atoms with E-state index in [0.29, 0.717) is 24.1 Å². The van der Waals surface area contributed by atoms with Crippen LogP contribution in [-0.4, -0.2) is 75.6 Å². The molecule has 0 aliphatic rings. The second-order valence-corrected chi connectivity index (χ2v) is 18.9. The van der Waals surface area contributed by atoms with Gasteiger partial charge in [-0.1, -0.05) is 197 Å². The van der Waals surface area contributed by atoms with Crippen LogP contribution in [0.1, 0.15) is 200 Å². The van der Waals surface area contributed by atoms with Gasteiger partial charge in [-0.15, -0.1) is 0 Å². The van der Waals surface area contributed by atoms with Gasteiger partial charge in [0.15, 0.2) is 0 Å². The maximum absolute atomic E-state index is 12.7. The van der Waals surface area contributed by atoms with Crippen LogP contribution in [0.2, 0.25) is 0 Å². The quantitative estimate of drug-likeness (QED) is 0.0214. The van der Waals surface area contributed by atoms with Crippen LogP contribution >= 0.6 is 7.82 Å². The summed E-state index contributed by atoms with van der Waals surface area (Å²) in [6, 6.07) is 0. The number of rotatable bonds is 45. The number of nitrogens with zero attached hydrogens (tertiary/aromatic N) is 1. The van der Waals surface area contributed by atoms with Crippen LogP contribution in [0.4, 0.5) is 0 Å². The molecule has 0 radical (unpaired) electrons. The fraction of sp³-hybridized carbons (Fsp3) is 0.784. The molecule has 2 atom stereocenters. The van der Waals surface area contributed by atoms with Crippen molar-refractivity contribution in [1.29, 1.82) is 0 Å². The Morgan fingerprint density at radius 1 is 0.533 bits per heavy atom. The summed E-state index contributed by atoms with van der Waals surface area (Å²) in [5, 5.41) is 0. The van der Waals surface area contributed by atoms with E-state index in [1.807, 2.05) is 21.1 Å². The topological polar surface area (TPSA) is 91.3 Å². The highest BCUT2D eigenvalue weighted by Crippen LogP contribution is 2.43. The van der Waals surface area contributed by atoms with Gasteiger partial charge in [0.25, 0.3) is 0 Å². The summed E-state index contributed by atoms with van der Waals surface area (Å²) in [6.45, 7) is 5.46. The molecule has 0 aliphatic carbocycles. The number of phosphoric ester groups is 1. The zero-order valence-electron chi connectivity index (χ0n) is 39.7. The molecular weight excluding hydrogens is 770 g/mol. The van der Waals surface area contributed by atoms with E-state index in [4.69, 9.17) is 18.5 Å². The average Bonchev–Trinajstić information content (AvgIpc) is 3.20. The van der Waals surface area contributed by atoms with E-state index in [1.165, 1.54) is 96.3 Å². The van der Waals surface area contributed by atoms with E-state index in [9.17, 15) is 14.3 Å². The molecule has 0 saturated heterocycles. The maximum Gasteiger partial charge on any atom is 0.472 e. The monoisotopic (exact) mass is 865 g/mol. The van der Waals surface area contributed by atoms with Crippen molar-refractivity contribution in [3.05, 3.63) is 60.8 Å². The number of ether oxygens (including phenoxy) is 2. The van der Waals surface area contributed by atoms with Gasteiger partial charge >= 0.3 is 13.8 Å². The molecule has 0 rings (SSSR count). The van der Waals surface area contributed by atoms with Gasteiger partial charge in [-0.3, -0.25) is 13.8 Å². The van der Waals surface area contributed by atoms with E-state index in [-0.39, 0.29) is 25.8 Å². The van der Waals surface area contributed by atoms with Crippen molar-refractivity contribution in [2.24, 2.45) is 0 Å². The molecule has 9 heteroatoms. The summed E-state index contributed by atoms with van der Waals surface area (Å²) >= 11 is 0. The number of allylic oxidation sites excluding steroid dienone is 10. The molecule has 0 aromatic rings. The lowest BCUT2D eigenvalue weighted by Gasteiger charge is -2.24. The Morgan fingerprint density at radius 3 is 1.45 bits per heavy atom. The molecule has 350 valence electrons. The third-order valence-electron chi connectivity index (χ3n) is 10.3.